The summed E-state index contributed by atoms with van der Waals surface area (Å²) in [6.45, 7) is 1.31. The fourth-order valence-corrected chi connectivity index (χ4v) is 2.75. The van der Waals surface area contributed by atoms with Gasteiger partial charge >= 0.3 is 12.4 Å². The average molecular weight is 394 g/mol. The molecule has 0 spiro atoms. The van der Waals surface area contributed by atoms with Crippen LogP contribution in [-0.4, -0.2) is 42.5 Å². The van der Waals surface area contributed by atoms with Crippen molar-refractivity contribution in [3.8, 4) is 0 Å². The maximum absolute atomic E-state index is 13.2. The molecule has 1 aromatic rings. The van der Waals surface area contributed by atoms with Gasteiger partial charge in [-0.15, -0.1) is 6.58 Å². The van der Waals surface area contributed by atoms with Crippen molar-refractivity contribution >= 4 is 17.5 Å². The van der Waals surface area contributed by atoms with Crippen LogP contribution in [0.3, 0.4) is 0 Å². The number of carbonyl (C=O) groups excluding carboxylic acids is 2. The summed E-state index contributed by atoms with van der Waals surface area (Å²) in [5, 5.41) is 0. The number of hydrogen-bond acceptors (Lipinski definition) is 2. The molecule has 1 aliphatic heterocycles. The monoisotopic (exact) mass is 394 g/mol. The van der Waals surface area contributed by atoms with E-state index < -0.39 is 48.4 Å². The van der Waals surface area contributed by atoms with Gasteiger partial charge in [-0.2, -0.15) is 26.3 Å². The first-order valence-corrected chi connectivity index (χ1v) is 7.92. The molecule has 148 valence electrons. The van der Waals surface area contributed by atoms with Gasteiger partial charge in [-0.25, -0.2) is 0 Å². The molecule has 0 radical (unpaired) electrons. The minimum Gasteiger partial charge on any atom is -0.326 e. The molecule has 2 amide bonds. The standard InChI is InChI=1S/C17H16F6N2O2/c1-2-5-24(10-16(18,19)20)15(27)11-7-12(17(21,22)23)9-13(8-11)25-6-3-4-14(25)26/h2,7-9H,1,3-6,10H2. The SMILES string of the molecule is C=CCN(CC(F)(F)F)C(=O)c1cc(N2CCCC2=O)cc(C(F)(F)F)c1. The van der Waals surface area contributed by atoms with E-state index in [2.05, 4.69) is 6.58 Å². The van der Waals surface area contributed by atoms with E-state index in [0.717, 1.165) is 17.0 Å². The van der Waals surface area contributed by atoms with Gasteiger partial charge in [-0.1, -0.05) is 6.08 Å². The van der Waals surface area contributed by atoms with Crippen molar-refractivity contribution in [1.29, 1.82) is 0 Å². The van der Waals surface area contributed by atoms with Gasteiger partial charge in [0.1, 0.15) is 6.54 Å². The van der Waals surface area contributed by atoms with E-state index in [4.69, 9.17) is 0 Å². The molecule has 0 bridgehead atoms. The maximum Gasteiger partial charge on any atom is 0.416 e. The molecule has 0 aliphatic carbocycles. The number of benzene rings is 1. The normalized spacial score (nSPS) is 15.2. The molecule has 0 N–H and O–H groups in total. The lowest BCUT2D eigenvalue weighted by atomic mass is 10.1. The molecule has 1 saturated heterocycles. The van der Waals surface area contributed by atoms with E-state index in [9.17, 15) is 35.9 Å². The largest absolute Gasteiger partial charge is 0.416 e. The third kappa shape index (κ3) is 5.24. The number of alkyl halides is 6. The van der Waals surface area contributed by atoms with Crippen molar-refractivity contribution in [3.63, 3.8) is 0 Å². The van der Waals surface area contributed by atoms with Crippen molar-refractivity contribution in [2.75, 3.05) is 24.5 Å². The van der Waals surface area contributed by atoms with Crippen LogP contribution in [0.4, 0.5) is 32.0 Å². The number of anilines is 1. The molecule has 0 saturated carbocycles. The number of rotatable bonds is 5. The Kier molecular flexibility index (Phi) is 5.86. The Bertz CT molecular complexity index is 742. The van der Waals surface area contributed by atoms with Gasteiger partial charge in [0.15, 0.2) is 0 Å². The topological polar surface area (TPSA) is 40.6 Å². The van der Waals surface area contributed by atoms with Gasteiger partial charge < -0.3 is 9.80 Å². The Morgan fingerprint density at radius 2 is 1.85 bits per heavy atom. The predicted molar refractivity (Wildman–Crippen MR) is 85.2 cm³/mol. The predicted octanol–water partition coefficient (Wildman–Crippen LogP) is 4.02. The minimum absolute atomic E-state index is 0.149. The van der Waals surface area contributed by atoms with Crippen LogP contribution in [0.2, 0.25) is 0 Å². The molecule has 4 nitrogen and oxygen atoms in total. The van der Waals surface area contributed by atoms with Crippen molar-refractivity contribution in [1.82, 2.24) is 4.90 Å². The molecule has 0 aromatic heterocycles. The van der Waals surface area contributed by atoms with E-state index in [1.54, 1.807) is 0 Å². The minimum atomic E-state index is -4.83. The molecular formula is C17H16F6N2O2. The van der Waals surface area contributed by atoms with E-state index >= 15 is 0 Å². The number of carbonyl (C=O) groups is 2. The molecular weight excluding hydrogens is 378 g/mol. The van der Waals surface area contributed by atoms with Crippen LogP contribution in [0, 0.1) is 0 Å². The summed E-state index contributed by atoms with van der Waals surface area (Å²) in [4.78, 5) is 25.7. The fraction of sp³-hybridized carbons (Fsp3) is 0.412. The summed E-state index contributed by atoms with van der Waals surface area (Å²) in [7, 11) is 0. The molecule has 0 unspecified atom stereocenters. The van der Waals surface area contributed by atoms with Gasteiger partial charge in [0.25, 0.3) is 5.91 Å². The lowest BCUT2D eigenvalue weighted by molar-refractivity contribution is -0.140. The van der Waals surface area contributed by atoms with Gasteiger partial charge in [-0.05, 0) is 24.6 Å². The highest BCUT2D eigenvalue weighted by atomic mass is 19.4. The smallest absolute Gasteiger partial charge is 0.326 e. The third-order valence-electron chi connectivity index (χ3n) is 3.88. The van der Waals surface area contributed by atoms with Crippen LogP contribution in [0.25, 0.3) is 0 Å². The second-order valence-corrected chi connectivity index (χ2v) is 6.00. The van der Waals surface area contributed by atoms with Gasteiger partial charge in [0, 0.05) is 30.8 Å². The molecule has 2 rings (SSSR count). The molecule has 0 atom stereocenters. The van der Waals surface area contributed by atoms with Crippen LogP contribution in [-0.2, 0) is 11.0 Å². The zero-order chi connectivity index (χ0) is 20.4. The lowest BCUT2D eigenvalue weighted by Crippen LogP contribution is -2.39. The number of amides is 2. The first kappa shape index (κ1) is 20.8. The van der Waals surface area contributed by atoms with Gasteiger partial charge in [0.2, 0.25) is 5.91 Å². The summed E-state index contributed by atoms with van der Waals surface area (Å²) < 4.78 is 77.6. The number of halogens is 6. The van der Waals surface area contributed by atoms with Crippen LogP contribution >= 0.6 is 0 Å². The van der Waals surface area contributed by atoms with Crippen LogP contribution in [0.15, 0.2) is 30.9 Å². The second kappa shape index (κ2) is 7.61. The zero-order valence-corrected chi connectivity index (χ0v) is 14.0. The molecule has 1 aromatic carbocycles. The van der Waals surface area contributed by atoms with Crippen LogP contribution < -0.4 is 4.90 Å². The molecule has 1 heterocycles. The summed E-state index contributed by atoms with van der Waals surface area (Å²) in [5.41, 5.74) is -1.96. The molecule has 1 aliphatic rings. The number of hydrogen-bond donors (Lipinski definition) is 0. The van der Waals surface area contributed by atoms with Crippen molar-refractivity contribution in [2.45, 2.75) is 25.2 Å². The Labute approximate surface area is 151 Å². The lowest BCUT2D eigenvalue weighted by Gasteiger charge is -2.24. The quantitative estimate of drug-likeness (QED) is 0.559. The second-order valence-electron chi connectivity index (χ2n) is 6.00. The van der Waals surface area contributed by atoms with E-state index in [-0.39, 0.29) is 18.7 Å². The summed E-state index contributed by atoms with van der Waals surface area (Å²) in [5.74, 6) is -1.64. The van der Waals surface area contributed by atoms with Crippen molar-refractivity contribution in [3.05, 3.63) is 42.0 Å². The fourth-order valence-electron chi connectivity index (χ4n) is 2.75. The molecule has 1 fully saturated rings. The van der Waals surface area contributed by atoms with E-state index in [1.165, 1.54) is 0 Å². The third-order valence-corrected chi connectivity index (χ3v) is 3.88. The van der Waals surface area contributed by atoms with Gasteiger partial charge in [-0.3, -0.25) is 9.59 Å². The van der Waals surface area contributed by atoms with Gasteiger partial charge in [0.05, 0.1) is 5.56 Å². The van der Waals surface area contributed by atoms with Crippen molar-refractivity contribution < 1.29 is 35.9 Å². The molecule has 10 heteroatoms. The van der Waals surface area contributed by atoms with Crippen LogP contribution in [0.1, 0.15) is 28.8 Å². The number of nitrogens with zero attached hydrogens (tertiary/aromatic N) is 2. The Hall–Kier alpha value is -2.52. The molecule has 27 heavy (non-hydrogen) atoms. The van der Waals surface area contributed by atoms with Crippen LogP contribution in [0.5, 0.6) is 0 Å². The average Bonchev–Trinajstić information content (AvgIpc) is 2.97. The highest BCUT2D eigenvalue weighted by molar-refractivity contribution is 5.99. The van der Waals surface area contributed by atoms with Crippen molar-refractivity contribution in [2.24, 2.45) is 0 Å². The summed E-state index contributed by atoms with van der Waals surface area (Å²) >= 11 is 0. The van der Waals surface area contributed by atoms with E-state index in [1.807, 2.05) is 0 Å². The summed E-state index contributed by atoms with van der Waals surface area (Å²) in [6.07, 6.45) is -7.93. The Balaban J connectivity index is 2.48. The zero-order valence-electron chi connectivity index (χ0n) is 14.0. The summed E-state index contributed by atoms with van der Waals surface area (Å²) in [6, 6.07) is 2.20. The highest BCUT2D eigenvalue weighted by Crippen LogP contribution is 2.34. The Morgan fingerprint density at radius 3 is 2.33 bits per heavy atom. The highest BCUT2D eigenvalue weighted by Gasteiger charge is 2.36. The Morgan fingerprint density at radius 1 is 1.19 bits per heavy atom. The first-order chi connectivity index (χ1) is 12.4. The van der Waals surface area contributed by atoms with E-state index in [0.29, 0.717) is 23.5 Å². The first-order valence-electron chi connectivity index (χ1n) is 7.92. The maximum atomic E-state index is 13.2.